The molecule has 0 amide bonds. The number of hydrogen-bond donors (Lipinski definition) is 1. The van der Waals surface area contributed by atoms with Crippen molar-refractivity contribution in [1.82, 2.24) is 0 Å². The molecule has 1 fully saturated rings. The third kappa shape index (κ3) is 3.37. The van der Waals surface area contributed by atoms with Crippen LogP contribution in [-0.2, 0) is 19.0 Å². The summed E-state index contributed by atoms with van der Waals surface area (Å²) in [4.78, 5) is 12.7. The first kappa shape index (κ1) is 19.6. The summed E-state index contributed by atoms with van der Waals surface area (Å²) in [5.41, 5.74) is 0.477. The van der Waals surface area contributed by atoms with Crippen LogP contribution < -0.4 is 0 Å². The van der Waals surface area contributed by atoms with E-state index in [-0.39, 0.29) is 42.2 Å². The molecule has 7 unspecified atom stereocenters. The Balaban J connectivity index is 2.04. The lowest BCUT2D eigenvalue weighted by atomic mass is 9.60. The maximum atomic E-state index is 12.7. The molecule has 0 bridgehead atoms. The molecule has 26 heavy (non-hydrogen) atoms. The minimum Gasteiger partial charge on any atom is -0.462 e. The maximum Gasteiger partial charge on any atom is 0.306 e. The summed E-state index contributed by atoms with van der Waals surface area (Å²) in [6.07, 6.45) is 7.35. The van der Waals surface area contributed by atoms with Gasteiger partial charge in [0.25, 0.3) is 0 Å². The number of carbonyl (C=O) groups excluding carboxylic acids is 1. The second kappa shape index (κ2) is 7.83. The zero-order valence-electron chi connectivity index (χ0n) is 16.3. The number of carbonyl (C=O) groups is 1. The number of aliphatic hydroxyl groups is 1. The highest BCUT2D eigenvalue weighted by atomic mass is 16.5. The van der Waals surface area contributed by atoms with E-state index in [1.165, 1.54) is 0 Å². The largest absolute Gasteiger partial charge is 0.462 e. The van der Waals surface area contributed by atoms with Gasteiger partial charge in [0.2, 0.25) is 0 Å². The summed E-state index contributed by atoms with van der Waals surface area (Å²) in [6.45, 7) is 7.35. The van der Waals surface area contributed by atoms with Crippen LogP contribution in [0.4, 0.5) is 0 Å². The lowest BCUT2D eigenvalue weighted by molar-refractivity contribution is -0.183. The van der Waals surface area contributed by atoms with E-state index in [9.17, 15) is 9.90 Å². The Hall–Kier alpha value is -1.17. The first-order valence-electron chi connectivity index (χ1n) is 9.77. The van der Waals surface area contributed by atoms with Crippen molar-refractivity contribution in [1.29, 1.82) is 0 Å². The number of rotatable bonds is 3. The van der Waals surface area contributed by atoms with Crippen LogP contribution in [0.5, 0.6) is 0 Å². The molecule has 0 aromatic carbocycles. The van der Waals surface area contributed by atoms with Gasteiger partial charge in [-0.3, -0.25) is 4.79 Å². The summed E-state index contributed by atoms with van der Waals surface area (Å²) >= 11 is 0. The van der Waals surface area contributed by atoms with E-state index >= 15 is 0 Å². The van der Waals surface area contributed by atoms with Gasteiger partial charge in [0.15, 0.2) is 0 Å². The van der Waals surface area contributed by atoms with Gasteiger partial charge in [0.05, 0.1) is 19.1 Å². The molecular weight excluding hydrogens is 332 g/mol. The van der Waals surface area contributed by atoms with Crippen LogP contribution in [0, 0.1) is 23.7 Å². The quantitative estimate of drug-likeness (QED) is 0.616. The van der Waals surface area contributed by atoms with Crippen LogP contribution in [0.15, 0.2) is 23.8 Å². The summed E-state index contributed by atoms with van der Waals surface area (Å²) in [5.74, 6) is -0.103. The van der Waals surface area contributed by atoms with Crippen LogP contribution in [0.1, 0.15) is 40.0 Å². The molecule has 0 aromatic heterocycles. The monoisotopic (exact) mass is 364 g/mol. The van der Waals surface area contributed by atoms with E-state index in [0.717, 1.165) is 5.57 Å². The molecule has 2 aliphatic heterocycles. The van der Waals surface area contributed by atoms with Crippen molar-refractivity contribution in [3.05, 3.63) is 23.8 Å². The molecular formula is C21H32O5. The average molecular weight is 364 g/mol. The third-order valence-electron chi connectivity index (χ3n) is 6.42. The van der Waals surface area contributed by atoms with Crippen LogP contribution >= 0.6 is 0 Å². The molecule has 0 aromatic rings. The molecule has 1 aliphatic carbocycles. The van der Waals surface area contributed by atoms with E-state index in [2.05, 4.69) is 39.0 Å². The van der Waals surface area contributed by atoms with Crippen molar-refractivity contribution >= 4 is 5.97 Å². The minimum absolute atomic E-state index is 0.0435. The second-order valence-electron chi connectivity index (χ2n) is 8.10. The van der Waals surface area contributed by atoms with Crippen molar-refractivity contribution < 1.29 is 24.1 Å². The van der Waals surface area contributed by atoms with Gasteiger partial charge in [-0.05, 0) is 24.8 Å². The number of allylic oxidation sites excluding steroid dienone is 1. The molecule has 2 heterocycles. The Morgan fingerprint density at radius 2 is 2.08 bits per heavy atom. The van der Waals surface area contributed by atoms with Gasteiger partial charge in [0, 0.05) is 37.9 Å². The first-order chi connectivity index (χ1) is 12.4. The summed E-state index contributed by atoms with van der Waals surface area (Å²) in [5, 5.41) is 10.8. The number of hydrogen-bond acceptors (Lipinski definition) is 5. The van der Waals surface area contributed by atoms with Gasteiger partial charge in [-0.25, -0.2) is 0 Å². The Kier molecular flexibility index (Phi) is 5.90. The minimum atomic E-state index is -0.630. The molecule has 3 aliphatic rings. The van der Waals surface area contributed by atoms with Crippen molar-refractivity contribution in [2.45, 2.75) is 57.8 Å². The van der Waals surface area contributed by atoms with E-state index in [1.54, 1.807) is 7.11 Å². The zero-order valence-corrected chi connectivity index (χ0v) is 16.3. The molecule has 0 radical (unpaired) electrons. The topological polar surface area (TPSA) is 65.0 Å². The van der Waals surface area contributed by atoms with E-state index in [0.29, 0.717) is 26.1 Å². The molecule has 5 heteroatoms. The van der Waals surface area contributed by atoms with Crippen molar-refractivity contribution in [2.24, 2.45) is 23.7 Å². The van der Waals surface area contributed by atoms with E-state index in [1.807, 2.05) is 0 Å². The number of methoxy groups -OCH3 is 1. The van der Waals surface area contributed by atoms with Gasteiger partial charge < -0.3 is 19.3 Å². The highest BCUT2D eigenvalue weighted by molar-refractivity contribution is 5.71. The fourth-order valence-electron chi connectivity index (χ4n) is 5.16. The lowest BCUT2D eigenvalue weighted by Gasteiger charge is -2.54. The molecule has 0 saturated carbocycles. The fraction of sp³-hybridized carbons (Fsp3) is 0.762. The second-order valence-corrected chi connectivity index (χ2v) is 8.10. The maximum absolute atomic E-state index is 12.7. The molecule has 1 N–H and O–H groups in total. The predicted octanol–water partition coefficient (Wildman–Crippen LogP) is 2.88. The van der Waals surface area contributed by atoms with Crippen LogP contribution in [0.2, 0.25) is 0 Å². The Morgan fingerprint density at radius 1 is 1.31 bits per heavy atom. The number of aliphatic hydroxyl groups excluding tert-OH is 1. The third-order valence-corrected chi connectivity index (χ3v) is 6.42. The normalized spacial score (nSPS) is 43.3. The average Bonchev–Trinajstić information content (AvgIpc) is 2.63. The van der Waals surface area contributed by atoms with Crippen LogP contribution in [-0.4, -0.2) is 49.2 Å². The number of esters is 1. The molecule has 1 saturated heterocycles. The first-order valence-corrected chi connectivity index (χ1v) is 9.77. The van der Waals surface area contributed by atoms with Crippen molar-refractivity contribution in [2.75, 3.05) is 20.3 Å². The molecule has 3 rings (SSSR count). The Morgan fingerprint density at radius 3 is 2.81 bits per heavy atom. The van der Waals surface area contributed by atoms with E-state index < -0.39 is 11.7 Å². The van der Waals surface area contributed by atoms with Crippen molar-refractivity contribution in [3.8, 4) is 0 Å². The molecule has 7 atom stereocenters. The van der Waals surface area contributed by atoms with Crippen LogP contribution in [0.3, 0.4) is 0 Å². The number of ether oxygens (including phenoxy) is 3. The summed E-state index contributed by atoms with van der Waals surface area (Å²) in [6, 6.07) is 0. The van der Waals surface area contributed by atoms with Crippen LogP contribution in [0.25, 0.3) is 0 Å². The SMILES string of the molecule is COCCC1OC(=O)CC2C=CC(C)C3C(O)CCOC23C(C)=CC1C. The Bertz CT molecular complexity index is 583. The summed E-state index contributed by atoms with van der Waals surface area (Å²) < 4.78 is 17.4. The van der Waals surface area contributed by atoms with Gasteiger partial charge in [0.1, 0.15) is 11.7 Å². The fourth-order valence-corrected chi connectivity index (χ4v) is 5.16. The standard InChI is InChI=1S/C21H32O5/c1-13-5-6-16-12-19(23)26-18(8-9-24-4)14(2)11-15(3)21(16)20(13)17(22)7-10-25-21/h5-6,11,13-14,16-18,20,22H,7-10,12H2,1-4H3. The highest BCUT2D eigenvalue weighted by Gasteiger charge is 2.56. The summed E-state index contributed by atoms with van der Waals surface area (Å²) in [7, 11) is 1.66. The zero-order chi connectivity index (χ0) is 18.9. The molecule has 1 spiro atoms. The number of cyclic esters (lactones) is 1. The van der Waals surface area contributed by atoms with Crippen molar-refractivity contribution in [3.63, 3.8) is 0 Å². The highest BCUT2D eigenvalue weighted by Crippen LogP contribution is 2.51. The predicted molar refractivity (Wildman–Crippen MR) is 98.5 cm³/mol. The van der Waals surface area contributed by atoms with Gasteiger partial charge in [-0.2, -0.15) is 0 Å². The molecule has 5 nitrogen and oxygen atoms in total. The van der Waals surface area contributed by atoms with Gasteiger partial charge >= 0.3 is 5.97 Å². The lowest BCUT2D eigenvalue weighted by Crippen LogP contribution is -2.59. The van der Waals surface area contributed by atoms with Gasteiger partial charge in [-0.1, -0.05) is 32.1 Å². The Labute approximate surface area is 156 Å². The smallest absolute Gasteiger partial charge is 0.306 e. The van der Waals surface area contributed by atoms with Gasteiger partial charge in [-0.15, -0.1) is 0 Å². The molecule has 146 valence electrons. The van der Waals surface area contributed by atoms with E-state index in [4.69, 9.17) is 14.2 Å².